The minimum Gasteiger partial charge on any atom is -0.481 e. The number of hydrogen-bond donors (Lipinski definition) is 1. The minimum atomic E-state index is -0.934. The summed E-state index contributed by atoms with van der Waals surface area (Å²) in [5.74, 6) is 1.60. The molecule has 7 heterocycles. The highest BCUT2D eigenvalue weighted by molar-refractivity contribution is 5.86. The van der Waals surface area contributed by atoms with E-state index in [0.29, 0.717) is 23.5 Å². The van der Waals surface area contributed by atoms with Crippen LogP contribution in [0.4, 0.5) is 5.82 Å². The van der Waals surface area contributed by atoms with E-state index in [9.17, 15) is 10.4 Å². The first-order valence-corrected chi connectivity index (χ1v) is 13.5. The van der Waals surface area contributed by atoms with Crippen LogP contribution in [0.15, 0.2) is 60.7 Å². The smallest absolute Gasteiger partial charge is 0.212 e. The normalized spacial score (nSPS) is 19.4. The van der Waals surface area contributed by atoms with Gasteiger partial charge in [-0.2, -0.15) is 10.4 Å². The van der Waals surface area contributed by atoms with Crippen molar-refractivity contribution in [1.82, 2.24) is 24.5 Å². The average molecular weight is 536 g/mol. The van der Waals surface area contributed by atoms with E-state index in [0.717, 1.165) is 53.2 Å². The lowest BCUT2D eigenvalue weighted by atomic mass is 9.87. The van der Waals surface area contributed by atoms with Crippen LogP contribution in [0, 0.1) is 11.3 Å². The topological polar surface area (TPSA) is 103 Å². The van der Waals surface area contributed by atoms with Crippen molar-refractivity contribution in [3.8, 4) is 23.1 Å². The highest BCUT2D eigenvalue weighted by Gasteiger charge is 2.44. The molecule has 40 heavy (non-hydrogen) atoms. The van der Waals surface area contributed by atoms with Gasteiger partial charge in [0.2, 0.25) is 5.88 Å². The summed E-state index contributed by atoms with van der Waals surface area (Å²) in [6, 6.07) is 13.4. The number of hydrogen-bond acceptors (Lipinski definition) is 8. The molecule has 2 bridgehead atoms. The van der Waals surface area contributed by atoms with Crippen LogP contribution in [0.2, 0.25) is 0 Å². The third-order valence-corrected chi connectivity index (χ3v) is 8.20. The Morgan fingerprint density at radius 3 is 2.58 bits per heavy atom. The number of aromatic nitrogens is 4. The molecule has 4 aromatic heterocycles. The van der Waals surface area contributed by atoms with Crippen LogP contribution in [0.5, 0.6) is 5.88 Å². The molecule has 9 heteroatoms. The summed E-state index contributed by atoms with van der Waals surface area (Å²) in [5.41, 5.74) is 5.04. The number of anilines is 1. The second kappa shape index (κ2) is 10.0. The molecule has 0 amide bonds. The van der Waals surface area contributed by atoms with E-state index in [1.54, 1.807) is 31.7 Å². The second-order valence-corrected chi connectivity index (χ2v) is 11.3. The minimum absolute atomic E-state index is 0.495. The van der Waals surface area contributed by atoms with Gasteiger partial charge in [-0.1, -0.05) is 12.1 Å². The Hall–Kier alpha value is -4.26. The van der Waals surface area contributed by atoms with Gasteiger partial charge in [0.05, 0.1) is 30.0 Å². The monoisotopic (exact) mass is 535 g/mol. The number of nitrogens with zero attached hydrogens (tertiary/aromatic N) is 7. The van der Waals surface area contributed by atoms with Gasteiger partial charge in [-0.05, 0) is 62.1 Å². The quantitative estimate of drug-likeness (QED) is 0.374. The molecule has 2 unspecified atom stereocenters. The number of pyridine rings is 3. The van der Waals surface area contributed by atoms with Gasteiger partial charge in [0, 0.05) is 67.5 Å². The summed E-state index contributed by atoms with van der Waals surface area (Å²) in [6.45, 7) is 8.21. The summed E-state index contributed by atoms with van der Waals surface area (Å²) >= 11 is 0. The molecule has 3 fully saturated rings. The zero-order valence-electron chi connectivity index (χ0n) is 23.2. The van der Waals surface area contributed by atoms with Gasteiger partial charge >= 0.3 is 0 Å². The lowest BCUT2D eigenvalue weighted by molar-refractivity contribution is -0.00876. The van der Waals surface area contributed by atoms with Gasteiger partial charge in [0.25, 0.3) is 0 Å². The van der Waals surface area contributed by atoms with E-state index in [2.05, 4.69) is 44.2 Å². The fourth-order valence-electron chi connectivity index (χ4n) is 5.65. The molecule has 0 aliphatic carbocycles. The molecule has 0 radical (unpaired) electrons. The van der Waals surface area contributed by atoms with Gasteiger partial charge in [0.1, 0.15) is 11.9 Å². The highest BCUT2D eigenvalue weighted by atomic mass is 16.5. The summed E-state index contributed by atoms with van der Waals surface area (Å²) in [4.78, 5) is 14.1. The summed E-state index contributed by atoms with van der Waals surface area (Å²) in [6.07, 6.45) is 10.4. The first-order valence-electron chi connectivity index (χ1n) is 13.5. The molecular formula is C31H33N7O2. The predicted octanol–water partition coefficient (Wildman–Crippen LogP) is 4.31. The molecule has 3 aliphatic rings. The van der Waals surface area contributed by atoms with Crippen LogP contribution in [-0.4, -0.2) is 67.5 Å². The van der Waals surface area contributed by atoms with Crippen molar-refractivity contribution in [2.45, 2.75) is 51.4 Å². The average Bonchev–Trinajstić information content (AvgIpc) is 3.38. The molecule has 9 nitrogen and oxygen atoms in total. The fraction of sp³-hybridized carbons (Fsp3) is 0.355. The maximum Gasteiger partial charge on any atom is 0.212 e. The zero-order valence-corrected chi connectivity index (χ0v) is 23.2. The van der Waals surface area contributed by atoms with Crippen LogP contribution in [0.1, 0.15) is 43.9 Å². The maximum absolute atomic E-state index is 10.4. The molecule has 3 saturated heterocycles. The van der Waals surface area contributed by atoms with Crippen molar-refractivity contribution in [2.24, 2.45) is 0 Å². The summed E-state index contributed by atoms with van der Waals surface area (Å²) < 4.78 is 6.91. The van der Waals surface area contributed by atoms with Crippen molar-refractivity contribution < 1.29 is 9.84 Å². The van der Waals surface area contributed by atoms with Crippen molar-refractivity contribution in [1.29, 1.82) is 5.26 Å². The van der Waals surface area contributed by atoms with E-state index in [1.807, 2.05) is 43.7 Å². The number of nitriles is 1. The first kappa shape index (κ1) is 26.0. The van der Waals surface area contributed by atoms with Crippen LogP contribution >= 0.6 is 0 Å². The molecular weight excluding hydrogens is 502 g/mol. The van der Waals surface area contributed by atoms with Gasteiger partial charge in [-0.3, -0.25) is 4.90 Å². The molecule has 0 spiro atoms. The Kier molecular flexibility index (Phi) is 6.53. The SMILES string of the molecule is COc1ccc(CN2C3CC2CN(c2ccc(-c4cc(/C=C(/C)C(C)(C)O)cn5ncc(C#N)c45)cn2)C3)cn1. The number of aliphatic hydroxyl groups is 1. The van der Waals surface area contributed by atoms with E-state index in [-0.39, 0.29) is 0 Å². The summed E-state index contributed by atoms with van der Waals surface area (Å²) in [7, 11) is 1.63. The Balaban J connectivity index is 1.22. The number of ether oxygens (including phenoxy) is 1. The molecule has 0 saturated carbocycles. The third-order valence-electron chi connectivity index (χ3n) is 8.20. The summed E-state index contributed by atoms with van der Waals surface area (Å²) in [5, 5.41) is 24.5. The van der Waals surface area contributed by atoms with Gasteiger partial charge in [0.15, 0.2) is 0 Å². The standard InChI is InChI=1S/C31H33N7O2/c1-20(31(2,3)39)9-22-10-27(30-24(12-32)15-35-38(30)17-22)23-6-7-28(33-14-23)36-18-25-11-26(19-36)37(25)16-21-5-8-29(40-4)34-13-21/h5-10,13-15,17,25-26,39H,11,16,18-19H2,1-4H3/b20-9-. The maximum atomic E-state index is 10.4. The fourth-order valence-corrected chi connectivity index (χ4v) is 5.65. The van der Waals surface area contributed by atoms with Crippen LogP contribution in [0.25, 0.3) is 22.7 Å². The molecule has 2 atom stereocenters. The van der Waals surface area contributed by atoms with E-state index < -0.39 is 5.60 Å². The Bertz CT molecular complexity index is 1600. The van der Waals surface area contributed by atoms with Crippen molar-refractivity contribution in [3.63, 3.8) is 0 Å². The molecule has 7 rings (SSSR count). The third kappa shape index (κ3) is 4.81. The Labute approximate surface area is 234 Å². The number of fused-ring (bicyclic) bond motifs is 3. The van der Waals surface area contributed by atoms with Crippen molar-refractivity contribution in [3.05, 3.63) is 77.4 Å². The second-order valence-electron chi connectivity index (χ2n) is 11.3. The highest BCUT2D eigenvalue weighted by Crippen LogP contribution is 2.36. The molecule has 4 aromatic rings. The van der Waals surface area contributed by atoms with Crippen LogP contribution in [-0.2, 0) is 6.54 Å². The van der Waals surface area contributed by atoms with Crippen LogP contribution < -0.4 is 9.64 Å². The van der Waals surface area contributed by atoms with E-state index >= 15 is 0 Å². The zero-order chi connectivity index (χ0) is 28.0. The van der Waals surface area contributed by atoms with Crippen LogP contribution in [0.3, 0.4) is 0 Å². The van der Waals surface area contributed by atoms with Gasteiger partial charge in [-0.25, -0.2) is 14.5 Å². The first-order chi connectivity index (χ1) is 19.2. The van der Waals surface area contributed by atoms with Crippen molar-refractivity contribution >= 4 is 17.4 Å². The van der Waals surface area contributed by atoms with Gasteiger partial charge in [-0.15, -0.1) is 0 Å². The molecule has 204 valence electrons. The van der Waals surface area contributed by atoms with Crippen molar-refractivity contribution in [2.75, 3.05) is 25.1 Å². The number of rotatable bonds is 7. The predicted molar refractivity (Wildman–Crippen MR) is 154 cm³/mol. The molecule has 3 aliphatic heterocycles. The molecule has 0 aromatic carbocycles. The number of piperidine rings is 1. The largest absolute Gasteiger partial charge is 0.481 e. The lowest BCUT2D eigenvalue weighted by Crippen LogP contribution is -2.68. The Morgan fingerprint density at radius 2 is 1.95 bits per heavy atom. The van der Waals surface area contributed by atoms with Gasteiger partial charge < -0.3 is 14.7 Å². The van der Waals surface area contributed by atoms with E-state index in [4.69, 9.17) is 9.72 Å². The lowest BCUT2D eigenvalue weighted by Gasteiger charge is -2.56. The number of piperazine rings is 1. The number of methoxy groups -OCH3 is 1. The van der Waals surface area contributed by atoms with E-state index in [1.165, 1.54) is 12.0 Å². The molecule has 1 N–H and O–H groups in total. The Morgan fingerprint density at radius 1 is 1.15 bits per heavy atom.